The van der Waals surface area contributed by atoms with Gasteiger partial charge >= 0.3 is 0 Å². The fourth-order valence-electron chi connectivity index (χ4n) is 1.86. The molecule has 0 aromatic carbocycles. The highest BCUT2D eigenvalue weighted by Gasteiger charge is 2.26. The molecule has 0 spiro atoms. The van der Waals surface area contributed by atoms with Gasteiger partial charge in [-0.3, -0.25) is 4.90 Å². The van der Waals surface area contributed by atoms with Gasteiger partial charge in [0, 0.05) is 25.7 Å². The number of aliphatic hydroxyl groups is 1. The summed E-state index contributed by atoms with van der Waals surface area (Å²) in [6.07, 6.45) is 0.918. The highest BCUT2D eigenvalue weighted by Crippen LogP contribution is 2.14. The normalized spacial score (nSPS) is 31.7. The van der Waals surface area contributed by atoms with Crippen molar-refractivity contribution < 1.29 is 9.84 Å². The van der Waals surface area contributed by atoms with Crippen molar-refractivity contribution in [2.24, 2.45) is 5.73 Å². The van der Waals surface area contributed by atoms with Crippen LogP contribution in [0.5, 0.6) is 0 Å². The number of ether oxygens (including phenoxy) is 1. The van der Waals surface area contributed by atoms with Gasteiger partial charge in [-0.2, -0.15) is 0 Å². The predicted molar refractivity (Wildman–Crippen MR) is 56.1 cm³/mol. The Bertz CT molecular complexity index is 166. The number of β-amino-alcohol motifs (C(OH)–C–C–N with tert-alkyl or cyclic N) is 1. The maximum atomic E-state index is 9.50. The van der Waals surface area contributed by atoms with Crippen LogP contribution in [-0.2, 0) is 4.74 Å². The first-order chi connectivity index (χ1) is 6.67. The first-order valence-electron chi connectivity index (χ1n) is 5.41. The Labute approximate surface area is 86.0 Å². The quantitative estimate of drug-likeness (QED) is 0.663. The molecule has 1 rings (SSSR count). The van der Waals surface area contributed by atoms with Crippen LogP contribution in [0.3, 0.4) is 0 Å². The molecule has 1 fully saturated rings. The SMILES string of the molecule is CCC1COC(C)CN1CC(O)CN. The van der Waals surface area contributed by atoms with Crippen molar-refractivity contribution in [1.29, 1.82) is 0 Å². The standard InChI is InChI=1S/C10H22N2O2/c1-3-9-7-14-8(2)5-12(9)6-10(13)4-11/h8-10,13H,3-7,11H2,1-2H3. The lowest BCUT2D eigenvalue weighted by molar-refractivity contribution is -0.0669. The van der Waals surface area contributed by atoms with Gasteiger partial charge in [0.1, 0.15) is 0 Å². The largest absolute Gasteiger partial charge is 0.390 e. The first-order valence-corrected chi connectivity index (χ1v) is 5.41. The number of rotatable bonds is 4. The van der Waals surface area contributed by atoms with E-state index in [1.807, 2.05) is 0 Å². The average Bonchev–Trinajstić information content (AvgIpc) is 2.18. The van der Waals surface area contributed by atoms with Crippen molar-refractivity contribution in [3.63, 3.8) is 0 Å². The van der Waals surface area contributed by atoms with Crippen LogP contribution in [0, 0.1) is 0 Å². The summed E-state index contributed by atoms with van der Waals surface area (Å²) >= 11 is 0. The van der Waals surface area contributed by atoms with Crippen molar-refractivity contribution in [3.05, 3.63) is 0 Å². The van der Waals surface area contributed by atoms with E-state index in [4.69, 9.17) is 10.5 Å². The number of nitrogens with two attached hydrogens (primary N) is 1. The molecular formula is C10H22N2O2. The summed E-state index contributed by atoms with van der Waals surface area (Å²) in [7, 11) is 0. The Morgan fingerprint density at radius 1 is 1.64 bits per heavy atom. The van der Waals surface area contributed by atoms with Gasteiger partial charge < -0.3 is 15.6 Å². The Balaban J connectivity index is 2.44. The monoisotopic (exact) mass is 202 g/mol. The lowest BCUT2D eigenvalue weighted by Crippen LogP contribution is -2.51. The van der Waals surface area contributed by atoms with Crippen molar-refractivity contribution in [2.45, 2.75) is 38.5 Å². The molecule has 0 aromatic heterocycles. The van der Waals surface area contributed by atoms with Gasteiger partial charge in [0.2, 0.25) is 0 Å². The summed E-state index contributed by atoms with van der Waals surface area (Å²) in [5, 5.41) is 9.50. The van der Waals surface area contributed by atoms with Crippen LogP contribution < -0.4 is 5.73 Å². The van der Waals surface area contributed by atoms with E-state index < -0.39 is 6.10 Å². The molecule has 0 aromatic rings. The molecule has 14 heavy (non-hydrogen) atoms. The van der Waals surface area contributed by atoms with E-state index >= 15 is 0 Å². The topological polar surface area (TPSA) is 58.7 Å². The molecule has 0 bridgehead atoms. The smallest absolute Gasteiger partial charge is 0.0789 e. The molecule has 0 radical (unpaired) electrons. The number of hydrogen-bond donors (Lipinski definition) is 2. The minimum atomic E-state index is -0.408. The molecule has 1 saturated heterocycles. The molecular weight excluding hydrogens is 180 g/mol. The van der Waals surface area contributed by atoms with E-state index in [0.29, 0.717) is 19.1 Å². The van der Waals surface area contributed by atoms with Crippen LogP contribution in [0.15, 0.2) is 0 Å². The van der Waals surface area contributed by atoms with Gasteiger partial charge in [0.25, 0.3) is 0 Å². The van der Waals surface area contributed by atoms with E-state index in [9.17, 15) is 5.11 Å². The third kappa shape index (κ3) is 3.20. The van der Waals surface area contributed by atoms with E-state index in [0.717, 1.165) is 19.6 Å². The molecule has 1 aliphatic rings. The van der Waals surface area contributed by atoms with Crippen molar-refractivity contribution in [1.82, 2.24) is 4.90 Å². The Kier molecular flexibility index (Phi) is 4.81. The maximum Gasteiger partial charge on any atom is 0.0789 e. The van der Waals surface area contributed by atoms with E-state index in [2.05, 4.69) is 18.7 Å². The molecule has 3 N–H and O–H groups in total. The van der Waals surface area contributed by atoms with Crippen LogP contribution >= 0.6 is 0 Å². The lowest BCUT2D eigenvalue weighted by Gasteiger charge is -2.39. The summed E-state index contributed by atoms with van der Waals surface area (Å²) in [6.45, 7) is 6.88. The summed E-state index contributed by atoms with van der Waals surface area (Å²) < 4.78 is 5.57. The van der Waals surface area contributed by atoms with Gasteiger partial charge in [0.05, 0.1) is 18.8 Å². The van der Waals surface area contributed by atoms with E-state index in [-0.39, 0.29) is 6.10 Å². The van der Waals surface area contributed by atoms with Crippen LogP contribution in [0.2, 0.25) is 0 Å². The van der Waals surface area contributed by atoms with Gasteiger partial charge in [-0.15, -0.1) is 0 Å². The molecule has 1 heterocycles. The van der Waals surface area contributed by atoms with Crippen LogP contribution in [0.4, 0.5) is 0 Å². The molecule has 4 nitrogen and oxygen atoms in total. The Hall–Kier alpha value is -0.160. The van der Waals surface area contributed by atoms with Crippen molar-refractivity contribution in [2.75, 3.05) is 26.2 Å². The summed E-state index contributed by atoms with van der Waals surface area (Å²) in [5.41, 5.74) is 5.40. The zero-order valence-corrected chi connectivity index (χ0v) is 9.15. The third-order valence-electron chi connectivity index (χ3n) is 2.77. The number of aliphatic hydroxyl groups excluding tert-OH is 1. The molecule has 0 aliphatic carbocycles. The number of nitrogens with zero attached hydrogens (tertiary/aromatic N) is 1. The van der Waals surface area contributed by atoms with Crippen molar-refractivity contribution >= 4 is 0 Å². The molecule has 1 aliphatic heterocycles. The van der Waals surface area contributed by atoms with Gasteiger partial charge in [-0.1, -0.05) is 6.92 Å². The van der Waals surface area contributed by atoms with E-state index in [1.54, 1.807) is 0 Å². The Morgan fingerprint density at radius 3 is 2.93 bits per heavy atom. The minimum absolute atomic E-state index is 0.266. The van der Waals surface area contributed by atoms with E-state index in [1.165, 1.54) is 0 Å². The summed E-state index contributed by atoms with van der Waals surface area (Å²) in [6, 6.07) is 0.437. The molecule has 3 atom stereocenters. The first kappa shape index (κ1) is 11.9. The maximum absolute atomic E-state index is 9.50. The number of morpholine rings is 1. The second-order valence-electron chi connectivity index (χ2n) is 4.05. The summed E-state index contributed by atoms with van der Waals surface area (Å²) in [4.78, 5) is 2.28. The average molecular weight is 202 g/mol. The van der Waals surface area contributed by atoms with Gasteiger partial charge in [-0.05, 0) is 13.3 Å². The second kappa shape index (κ2) is 5.66. The lowest BCUT2D eigenvalue weighted by atomic mass is 10.1. The number of hydrogen-bond acceptors (Lipinski definition) is 4. The highest BCUT2D eigenvalue weighted by atomic mass is 16.5. The van der Waals surface area contributed by atoms with Crippen molar-refractivity contribution in [3.8, 4) is 0 Å². The highest BCUT2D eigenvalue weighted by molar-refractivity contribution is 4.79. The van der Waals surface area contributed by atoms with Gasteiger partial charge in [-0.25, -0.2) is 0 Å². The van der Waals surface area contributed by atoms with Crippen LogP contribution in [0.1, 0.15) is 20.3 Å². The third-order valence-corrected chi connectivity index (χ3v) is 2.77. The molecule has 0 saturated carbocycles. The second-order valence-corrected chi connectivity index (χ2v) is 4.05. The summed E-state index contributed by atoms with van der Waals surface area (Å²) in [5.74, 6) is 0. The minimum Gasteiger partial charge on any atom is -0.390 e. The molecule has 4 heteroatoms. The zero-order valence-electron chi connectivity index (χ0n) is 9.15. The fourth-order valence-corrected chi connectivity index (χ4v) is 1.86. The van der Waals surface area contributed by atoms with Crippen LogP contribution in [-0.4, -0.2) is 54.5 Å². The van der Waals surface area contributed by atoms with Crippen LogP contribution in [0.25, 0.3) is 0 Å². The predicted octanol–water partition coefficient (Wildman–Crippen LogP) is -0.195. The fraction of sp³-hybridized carbons (Fsp3) is 1.00. The van der Waals surface area contributed by atoms with Gasteiger partial charge in [0.15, 0.2) is 0 Å². The molecule has 0 amide bonds. The molecule has 84 valence electrons. The molecule has 3 unspecified atom stereocenters. The Morgan fingerprint density at radius 2 is 2.36 bits per heavy atom. The zero-order chi connectivity index (χ0) is 10.6.